The Morgan fingerprint density at radius 1 is 0.950 bits per heavy atom. The summed E-state index contributed by atoms with van der Waals surface area (Å²) in [6.07, 6.45) is 1.83. The number of benzene rings is 2. The summed E-state index contributed by atoms with van der Waals surface area (Å²) in [5.41, 5.74) is 0.981. The van der Waals surface area contributed by atoms with Gasteiger partial charge in [-0.2, -0.15) is 0 Å². The minimum atomic E-state index is -0.554. The summed E-state index contributed by atoms with van der Waals surface area (Å²) in [7, 11) is 0. The molecule has 1 aromatic heterocycles. The lowest BCUT2D eigenvalue weighted by atomic mass is 10.2. The SMILES string of the molecule is Fc1ccc(Br)c(F)c1Cn1ccc2c(Br)cccc21. The predicted molar refractivity (Wildman–Crippen MR) is 82.8 cm³/mol. The molecule has 0 saturated carbocycles. The highest BCUT2D eigenvalue weighted by Crippen LogP contribution is 2.27. The second kappa shape index (κ2) is 5.30. The molecule has 0 unspecified atom stereocenters. The van der Waals surface area contributed by atoms with Gasteiger partial charge in [-0.3, -0.25) is 0 Å². The largest absolute Gasteiger partial charge is 0.343 e. The van der Waals surface area contributed by atoms with E-state index in [1.165, 1.54) is 12.1 Å². The van der Waals surface area contributed by atoms with E-state index in [0.717, 1.165) is 15.4 Å². The molecule has 0 N–H and O–H groups in total. The van der Waals surface area contributed by atoms with Gasteiger partial charge in [-0.15, -0.1) is 0 Å². The predicted octanol–water partition coefficient (Wildman–Crippen LogP) is 5.49. The third-order valence-corrected chi connectivity index (χ3v) is 4.53. The zero-order valence-corrected chi connectivity index (χ0v) is 13.4. The third kappa shape index (κ3) is 2.29. The number of nitrogens with zero attached hydrogens (tertiary/aromatic N) is 1. The molecular formula is C15H9Br2F2N. The molecule has 0 aliphatic carbocycles. The van der Waals surface area contributed by atoms with Crippen molar-refractivity contribution < 1.29 is 8.78 Å². The van der Waals surface area contributed by atoms with E-state index in [1.54, 1.807) is 0 Å². The van der Waals surface area contributed by atoms with Gasteiger partial charge in [0, 0.05) is 27.1 Å². The monoisotopic (exact) mass is 399 g/mol. The number of hydrogen-bond donors (Lipinski definition) is 0. The van der Waals surface area contributed by atoms with Crippen molar-refractivity contribution in [2.24, 2.45) is 0 Å². The normalized spacial score (nSPS) is 11.2. The van der Waals surface area contributed by atoms with E-state index in [9.17, 15) is 8.78 Å². The molecule has 2 aromatic carbocycles. The molecule has 0 bridgehead atoms. The second-order valence-corrected chi connectivity index (χ2v) is 6.15. The van der Waals surface area contributed by atoms with Gasteiger partial charge >= 0.3 is 0 Å². The Kier molecular flexibility index (Phi) is 3.65. The molecule has 0 aliphatic heterocycles. The molecule has 1 heterocycles. The van der Waals surface area contributed by atoms with Crippen LogP contribution in [0.25, 0.3) is 10.9 Å². The van der Waals surface area contributed by atoms with E-state index >= 15 is 0 Å². The van der Waals surface area contributed by atoms with Crippen molar-refractivity contribution in [3.05, 3.63) is 68.7 Å². The van der Waals surface area contributed by atoms with Crippen LogP contribution >= 0.6 is 31.9 Å². The lowest BCUT2D eigenvalue weighted by Gasteiger charge is -2.09. The van der Waals surface area contributed by atoms with Gasteiger partial charge in [0.1, 0.15) is 11.6 Å². The number of fused-ring (bicyclic) bond motifs is 1. The minimum Gasteiger partial charge on any atom is -0.343 e. The van der Waals surface area contributed by atoms with Crippen LogP contribution in [0.1, 0.15) is 5.56 Å². The molecule has 0 amide bonds. The minimum absolute atomic E-state index is 0.0526. The van der Waals surface area contributed by atoms with Crippen LogP contribution in [-0.4, -0.2) is 4.57 Å². The van der Waals surface area contributed by atoms with E-state index in [4.69, 9.17) is 0 Å². The van der Waals surface area contributed by atoms with E-state index in [1.807, 2.05) is 35.0 Å². The van der Waals surface area contributed by atoms with Crippen molar-refractivity contribution in [2.75, 3.05) is 0 Å². The number of hydrogen-bond acceptors (Lipinski definition) is 0. The maximum atomic E-state index is 14.0. The number of aromatic nitrogens is 1. The van der Waals surface area contributed by atoms with Crippen LogP contribution in [0.2, 0.25) is 0 Å². The molecular weight excluding hydrogens is 392 g/mol. The molecule has 3 aromatic rings. The Balaban J connectivity index is 2.11. The Morgan fingerprint density at radius 2 is 1.75 bits per heavy atom. The molecule has 0 aliphatic rings. The molecule has 0 atom stereocenters. The van der Waals surface area contributed by atoms with Gasteiger partial charge in [0.2, 0.25) is 0 Å². The van der Waals surface area contributed by atoms with E-state index < -0.39 is 11.6 Å². The summed E-state index contributed by atoms with van der Waals surface area (Å²) >= 11 is 6.55. The first-order chi connectivity index (χ1) is 9.58. The highest BCUT2D eigenvalue weighted by molar-refractivity contribution is 9.11. The Labute approximate surface area is 131 Å². The maximum absolute atomic E-state index is 14.0. The first-order valence-corrected chi connectivity index (χ1v) is 7.52. The van der Waals surface area contributed by atoms with Gasteiger partial charge in [0.05, 0.1) is 11.0 Å². The van der Waals surface area contributed by atoms with Crippen molar-refractivity contribution in [1.82, 2.24) is 4.57 Å². The molecule has 0 saturated heterocycles. The van der Waals surface area contributed by atoms with Crippen LogP contribution < -0.4 is 0 Å². The van der Waals surface area contributed by atoms with Gasteiger partial charge in [-0.25, -0.2) is 8.78 Å². The topological polar surface area (TPSA) is 4.93 Å². The lowest BCUT2D eigenvalue weighted by molar-refractivity contribution is 0.543. The van der Waals surface area contributed by atoms with Gasteiger partial charge in [0.25, 0.3) is 0 Å². The summed E-state index contributed by atoms with van der Waals surface area (Å²) in [4.78, 5) is 0. The zero-order valence-electron chi connectivity index (χ0n) is 10.2. The van der Waals surface area contributed by atoms with Crippen molar-refractivity contribution in [3.8, 4) is 0 Å². The highest BCUT2D eigenvalue weighted by Gasteiger charge is 2.14. The van der Waals surface area contributed by atoms with E-state index in [0.29, 0.717) is 0 Å². The van der Waals surface area contributed by atoms with Crippen molar-refractivity contribution in [1.29, 1.82) is 0 Å². The molecule has 1 nitrogen and oxygen atoms in total. The van der Waals surface area contributed by atoms with Crippen LogP contribution in [0, 0.1) is 11.6 Å². The zero-order chi connectivity index (χ0) is 14.3. The van der Waals surface area contributed by atoms with Crippen molar-refractivity contribution in [3.63, 3.8) is 0 Å². The summed E-state index contributed by atoms with van der Waals surface area (Å²) in [6.45, 7) is 0.150. The third-order valence-electron chi connectivity index (χ3n) is 3.23. The molecule has 0 fully saturated rings. The maximum Gasteiger partial charge on any atom is 0.145 e. The van der Waals surface area contributed by atoms with Crippen LogP contribution in [0.3, 0.4) is 0 Å². The highest BCUT2D eigenvalue weighted by atomic mass is 79.9. The first kappa shape index (κ1) is 13.8. The fourth-order valence-corrected chi connectivity index (χ4v) is 3.07. The molecule has 5 heteroatoms. The van der Waals surface area contributed by atoms with Gasteiger partial charge in [-0.05, 0) is 46.3 Å². The molecule has 0 spiro atoms. The van der Waals surface area contributed by atoms with Gasteiger partial charge in [0.15, 0.2) is 0 Å². The summed E-state index contributed by atoms with van der Waals surface area (Å²) in [5, 5.41) is 1.02. The van der Waals surface area contributed by atoms with Crippen LogP contribution in [0.15, 0.2) is 51.5 Å². The van der Waals surface area contributed by atoms with Crippen molar-refractivity contribution in [2.45, 2.75) is 6.54 Å². The average Bonchev–Trinajstić information content (AvgIpc) is 2.84. The average molecular weight is 401 g/mol. The van der Waals surface area contributed by atoms with Gasteiger partial charge in [-0.1, -0.05) is 22.0 Å². The molecule has 102 valence electrons. The van der Waals surface area contributed by atoms with Gasteiger partial charge < -0.3 is 4.57 Å². The number of rotatable bonds is 2. The Hall–Kier alpha value is -1.20. The van der Waals surface area contributed by atoms with E-state index in [2.05, 4.69) is 31.9 Å². The quantitative estimate of drug-likeness (QED) is 0.501. The Bertz CT molecular complexity index is 796. The standard InChI is InChI=1S/C15H9Br2F2N/c16-11-2-1-3-14-9(11)6-7-20(14)8-10-13(18)5-4-12(17)15(10)19/h1-7H,8H2. The van der Waals surface area contributed by atoms with Crippen LogP contribution in [0.4, 0.5) is 8.78 Å². The summed E-state index contributed by atoms with van der Waals surface area (Å²) in [6, 6.07) is 10.3. The summed E-state index contributed by atoms with van der Waals surface area (Å²) < 4.78 is 30.9. The van der Waals surface area contributed by atoms with Crippen LogP contribution in [-0.2, 0) is 6.54 Å². The molecule has 3 rings (SSSR count). The first-order valence-electron chi connectivity index (χ1n) is 5.93. The summed E-state index contributed by atoms with van der Waals surface area (Å²) in [5.74, 6) is -1.09. The Morgan fingerprint density at radius 3 is 2.55 bits per heavy atom. The number of halogens is 4. The smallest absolute Gasteiger partial charge is 0.145 e. The second-order valence-electron chi connectivity index (χ2n) is 4.44. The van der Waals surface area contributed by atoms with Crippen LogP contribution in [0.5, 0.6) is 0 Å². The lowest BCUT2D eigenvalue weighted by Crippen LogP contribution is -2.04. The van der Waals surface area contributed by atoms with Crippen molar-refractivity contribution >= 4 is 42.8 Å². The fraction of sp³-hybridized carbons (Fsp3) is 0.0667. The molecule has 0 radical (unpaired) electrons. The van der Waals surface area contributed by atoms with E-state index in [-0.39, 0.29) is 16.6 Å². The fourth-order valence-electron chi connectivity index (χ4n) is 2.21. The molecule has 20 heavy (non-hydrogen) atoms.